The van der Waals surface area contributed by atoms with Crippen LogP contribution in [0, 0.1) is 0 Å². The summed E-state index contributed by atoms with van der Waals surface area (Å²) in [5, 5.41) is 7.26. The van der Waals surface area contributed by atoms with Gasteiger partial charge in [-0.05, 0) is 62.7 Å². The third-order valence-electron chi connectivity index (χ3n) is 6.11. The van der Waals surface area contributed by atoms with Crippen LogP contribution >= 0.6 is 0 Å². The van der Waals surface area contributed by atoms with Crippen LogP contribution in [0.2, 0.25) is 0 Å². The smallest absolute Gasteiger partial charge is 0.317 e. The summed E-state index contributed by atoms with van der Waals surface area (Å²) >= 11 is 0. The normalized spacial score (nSPS) is 16.6. The molecule has 1 aliphatic heterocycles. The molecule has 8 heteroatoms. The molecule has 0 radical (unpaired) electrons. The lowest BCUT2D eigenvalue weighted by atomic mass is 10.1. The number of furan rings is 1. The quantitative estimate of drug-likeness (QED) is 0.627. The molecule has 164 valence electrons. The van der Waals surface area contributed by atoms with Gasteiger partial charge < -0.3 is 14.6 Å². The van der Waals surface area contributed by atoms with Crippen molar-refractivity contribution in [1.29, 1.82) is 0 Å². The Labute approximate surface area is 182 Å². The van der Waals surface area contributed by atoms with Crippen molar-refractivity contribution >= 4 is 6.03 Å². The fraction of sp³-hybridized carbons (Fsp3) is 0.435. The minimum Gasteiger partial charge on any atom is -0.468 e. The van der Waals surface area contributed by atoms with Crippen LogP contribution in [0.4, 0.5) is 4.79 Å². The molecule has 2 amide bonds. The number of rotatable bonds is 7. The van der Waals surface area contributed by atoms with Gasteiger partial charge in [-0.1, -0.05) is 18.6 Å². The van der Waals surface area contributed by atoms with Crippen LogP contribution in [0.25, 0.3) is 5.69 Å². The summed E-state index contributed by atoms with van der Waals surface area (Å²) < 4.78 is 7.39. The lowest BCUT2D eigenvalue weighted by molar-refractivity contribution is 0.139. The third-order valence-corrected chi connectivity index (χ3v) is 6.11. The number of carbonyl (C=O) groups excluding carboxylic acids is 1. The van der Waals surface area contributed by atoms with Crippen LogP contribution in [-0.4, -0.2) is 57.3 Å². The van der Waals surface area contributed by atoms with Gasteiger partial charge in [0, 0.05) is 13.6 Å². The molecule has 2 atom stereocenters. The van der Waals surface area contributed by atoms with Crippen molar-refractivity contribution in [2.75, 3.05) is 26.7 Å². The van der Waals surface area contributed by atoms with E-state index in [1.807, 2.05) is 50.4 Å². The monoisotopic (exact) mass is 422 g/mol. The minimum atomic E-state index is -0.0959. The van der Waals surface area contributed by atoms with Gasteiger partial charge >= 0.3 is 6.03 Å². The van der Waals surface area contributed by atoms with E-state index in [4.69, 9.17) is 4.42 Å². The summed E-state index contributed by atoms with van der Waals surface area (Å²) in [6.45, 7) is 4.62. The van der Waals surface area contributed by atoms with E-state index in [1.165, 1.54) is 25.6 Å². The van der Waals surface area contributed by atoms with Gasteiger partial charge in [0.15, 0.2) is 0 Å². The van der Waals surface area contributed by atoms with Gasteiger partial charge in [-0.25, -0.2) is 14.5 Å². The van der Waals surface area contributed by atoms with Gasteiger partial charge in [0.05, 0.1) is 24.0 Å². The molecule has 1 saturated heterocycles. The van der Waals surface area contributed by atoms with E-state index in [0.29, 0.717) is 6.54 Å². The first-order valence-corrected chi connectivity index (χ1v) is 10.9. The molecular weight excluding hydrogens is 392 g/mol. The summed E-state index contributed by atoms with van der Waals surface area (Å²) in [6.07, 6.45) is 8.51. The van der Waals surface area contributed by atoms with Gasteiger partial charge in [0.25, 0.3) is 0 Å². The first-order chi connectivity index (χ1) is 15.1. The number of nitrogens with zero attached hydrogens (tertiary/aromatic N) is 5. The fourth-order valence-corrected chi connectivity index (χ4v) is 4.08. The number of carbonyl (C=O) groups is 1. The maximum Gasteiger partial charge on any atom is 0.317 e. The van der Waals surface area contributed by atoms with Crippen molar-refractivity contribution in [1.82, 2.24) is 29.9 Å². The zero-order valence-corrected chi connectivity index (χ0v) is 18.1. The van der Waals surface area contributed by atoms with E-state index in [9.17, 15) is 4.79 Å². The second-order valence-electron chi connectivity index (χ2n) is 8.03. The summed E-state index contributed by atoms with van der Waals surface area (Å²) in [4.78, 5) is 21.0. The average Bonchev–Trinajstić information content (AvgIpc) is 3.54. The lowest BCUT2D eigenvalue weighted by Crippen LogP contribution is -2.44. The van der Waals surface area contributed by atoms with Gasteiger partial charge in [0.1, 0.15) is 18.4 Å². The number of hydrogen-bond acceptors (Lipinski definition) is 5. The molecule has 1 aromatic carbocycles. The highest BCUT2D eigenvalue weighted by Crippen LogP contribution is 2.25. The molecule has 0 spiro atoms. The number of piperidine rings is 1. The Balaban J connectivity index is 1.37. The number of nitrogens with one attached hydrogen (secondary N) is 1. The van der Waals surface area contributed by atoms with Crippen LogP contribution < -0.4 is 5.32 Å². The van der Waals surface area contributed by atoms with Crippen LogP contribution in [0.3, 0.4) is 0 Å². The molecule has 3 aromatic rings. The number of likely N-dealkylation sites (tertiary alicyclic amines) is 1. The van der Waals surface area contributed by atoms with Gasteiger partial charge in [-0.15, -0.1) is 0 Å². The van der Waals surface area contributed by atoms with Crippen LogP contribution in [0.15, 0.2) is 59.7 Å². The molecule has 8 nitrogen and oxygen atoms in total. The molecule has 2 aromatic heterocycles. The Morgan fingerprint density at radius 1 is 1.19 bits per heavy atom. The van der Waals surface area contributed by atoms with Crippen molar-refractivity contribution in [3.63, 3.8) is 0 Å². The predicted molar refractivity (Wildman–Crippen MR) is 118 cm³/mol. The Morgan fingerprint density at radius 3 is 2.61 bits per heavy atom. The zero-order chi connectivity index (χ0) is 21.6. The molecular formula is C23H30N6O2. The molecule has 1 fully saturated rings. The molecule has 31 heavy (non-hydrogen) atoms. The maximum atomic E-state index is 12.9. The Morgan fingerprint density at radius 2 is 1.97 bits per heavy atom. The van der Waals surface area contributed by atoms with Gasteiger partial charge in [-0.2, -0.15) is 5.10 Å². The number of benzene rings is 1. The molecule has 2 unspecified atom stereocenters. The molecule has 1 aliphatic rings. The average molecular weight is 423 g/mol. The first-order valence-electron chi connectivity index (χ1n) is 10.9. The molecule has 0 aliphatic carbocycles. The fourth-order valence-electron chi connectivity index (χ4n) is 4.08. The number of aromatic nitrogens is 3. The third kappa shape index (κ3) is 4.96. The van der Waals surface area contributed by atoms with Crippen molar-refractivity contribution in [2.45, 2.75) is 38.3 Å². The van der Waals surface area contributed by atoms with Crippen molar-refractivity contribution in [2.24, 2.45) is 0 Å². The zero-order valence-electron chi connectivity index (χ0n) is 18.1. The molecule has 3 heterocycles. The van der Waals surface area contributed by atoms with Gasteiger partial charge in [-0.3, -0.25) is 4.90 Å². The first kappa shape index (κ1) is 21.1. The van der Waals surface area contributed by atoms with E-state index in [1.54, 1.807) is 22.2 Å². The molecule has 1 N–H and O–H groups in total. The largest absolute Gasteiger partial charge is 0.468 e. The van der Waals surface area contributed by atoms with Crippen molar-refractivity contribution < 1.29 is 9.21 Å². The minimum absolute atomic E-state index is 0.0601. The number of hydrogen-bond donors (Lipinski definition) is 1. The summed E-state index contributed by atoms with van der Waals surface area (Å²) in [6, 6.07) is 11.8. The van der Waals surface area contributed by atoms with E-state index < -0.39 is 0 Å². The Hall–Kier alpha value is -3.13. The SMILES string of the molecule is CC(c1ccc(-n2cncn2)cc1)N(C)C(=O)NCC(c1ccco1)N1CCCCC1. The summed E-state index contributed by atoms with van der Waals surface area (Å²) in [5.74, 6) is 0.904. The highest BCUT2D eigenvalue weighted by molar-refractivity contribution is 5.74. The van der Waals surface area contributed by atoms with Crippen molar-refractivity contribution in [3.05, 3.63) is 66.6 Å². The standard InChI is InChI=1S/C23H30N6O2/c1-18(19-8-10-20(11-9-19)29-17-24-16-26-29)27(2)23(30)25-15-21(22-7-6-14-31-22)28-12-4-3-5-13-28/h6-11,14,16-18,21H,3-5,12-13,15H2,1-2H3,(H,25,30). The highest BCUT2D eigenvalue weighted by atomic mass is 16.3. The second kappa shape index (κ2) is 9.78. The predicted octanol–water partition coefficient (Wildman–Crippen LogP) is 3.79. The summed E-state index contributed by atoms with van der Waals surface area (Å²) in [5.41, 5.74) is 1.99. The van der Waals surface area contributed by atoms with Crippen molar-refractivity contribution in [3.8, 4) is 5.69 Å². The second-order valence-corrected chi connectivity index (χ2v) is 8.03. The van der Waals surface area contributed by atoms with E-state index in [0.717, 1.165) is 30.1 Å². The lowest BCUT2D eigenvalue weighted by Gasteiger charge is -2.34. The maximum absolute atomic E-state index is 12.9. The van der Waals surface area contributed by atoms with Crippen LogP contribution in [-0.2, 0) is 0 Å². The van der Waals surface area contributed by atoms with E-state index >= 15 is 0 Å². The van der Waals surface area contributed by atoms with E-state index in [-0.39, 0.29) is 18.1 Å². The van der Waals surface area contributed by atoms with E-state index in [2.05, 4.69) is 20.3 Å². The number of amides is 2. The molecule has 0 saturated carbocycles. The topological polar surface area (TPSA) is 79.4 Å². The van der Waals surface area contributed by atoms with Crippen LogP contribution in [0.5, 0.6) is 0 Å². The summed E-state index contributed by atoms with van der Waals surface area (Å²) in [7, 11) is 1.83. The Kier molecular flexibility index (Phi) is 6.66. The number of urea groups is 1. The van der Waals surface area contributed by atoms with Gasteiger partial charge in [0.2, 0.25) is 0 Å². The Bertz CT molecular complexity index is 933. The van der Waals surface area contributed by atoms with Crippen LogP contribution in [0.1, 0.15) is 49.6 Å². The molecule has 0 bridgehead atoms. The highest BCUT2D eigenvalue weighted by Gasteiger charge is 2.26. The molecule has 4 rings (SSSR count).